The molecule has 29 heavy (non-hydrogen) atoms. The maximum absolute atomic E-state index is 13.1. The summed E-state index contributed by atoms with van der Waals surface area (Å²) < 4.78 is 91.7. The van der Waals surface area contributed by atoms with Gasteiger partial charge in [0, 0.05) is 17.8 Å². The molecule has 0 radical (unpaired) electrons. The summed E-state index contributed by atoms with van der Waals surface area (Å²) in [6, 6.07) is 0.440. The zero-order chi connectivity index (χ0) is 21.6. The van der Waals surface area contributed by atoms with Gasteiger partial charge < -0.3 is 4.90 Å². The minimum atomic E-state index is -4.99. The van der Waals surface area contributed by atoms with Crippen LogP contribution in [0.15, 0.2) is 30.6 Å². The van der Waals surface area contributed by atoms with Crippen molar-refractivity contribution in [1.82, 2.24) is 19.7 Å². The second kappa shape index (κ2) is 7.16. The molecule has 156 valence electrons. The zero-order valence-electron chi connectivity index (χ0n) is 14.7. The number of halogens is 7. The summed E-state index contributed by atoms with van der Waals surface area (Å²) in [6.45, 7) is 1.47. The van der Waals surface area contributed by atoms with Crippen LogP contribution in [-0.4, -0.2) is 44.3 Å². The fraction of sp³-hybridized carbons (Fsp3) is 0.353. The molecule has 1 aromatic heterocycles. The lowest BCUT2D eigenvalue weighted by Crippen LogP contribution is -2.58. The van der Waals surface area contributed by atoms with Crippen molar-refractivity contribution < 1.29 is 35.5 Å². The van der Waals surface area contributed by atoms with E-state index in [2.05, 4.69) is 10.1 Å². The third kappa shape index (κ3) is 4.40. The first-order valence-corrected chi connectivity index (χ1v) is 8.20. The molecule has 0 saturated carbocycles. The van der Waals surface area contributed by atoms with Crippen LogP contribution in [0, 0.1) is 0 Å². The summed E-state index contributed by atoms with van der Waals surface area (Å²) in [5.41, 5.74) is -3.46. The molecule has 1 aliphatic rings. The van der Waals surface area contributed by atoms with Crippen LogP contribution in [-0.2, 0) is 17.1 Å². The summed E-state index contributed by atoms with van der Waals surface area (Å²) in [6.07, 6.45) is -7.91. The minimum Gasteiger partial charge on any atom is -0.330 e. The highest BCUT2D eigenvalue weighted by Gasteiger charge is 2.38. The SMILES string of the molecule is CC1C(F)CN1C(=O)/C=C\n1cnc(-c2cc(C(F)(F)F)cc(C(F)(F)F)c2)n1. The summed E-state index contributed by atoms with van der Waals surface area (Å²) in [4.78, 5) is 16.9. The quantitative estimate of drug-likeness (QED) is 0.555. The van der Waals surface area contributed by atoms with Gasteiger partial charge in [-0.25, -0.2) is 14.1 Å². The number of aromatic nitrogens is 3. The molecule has 5 nitrogen and oxygen atoms in total. The van der Waals surface area contributed by atoms with Gasteiger partial charge in [-0.1, -0.05) is 0 Å². The van der Waals surface area contributed by atoms with Crippen LogP contribution in [0.3, 0.4) is 0 Å². The first kappa shape index (κ1) is 20.8. The second-order valence-corrected chi connectivity index (χ2v) is 6.41. The van der Waals surface area contributed by atoms with E-state index in [-0.39, 0.29) is 18.4 Å². The Balaban J connectivity index is 1.86. The summed E-state index contributed by atoms with van der Waals surface area (Å²) in [5.74, 6) is -0.901. The third-order valence-electron chi connectivity index (χ3n) is 4.39. The Morgan fingerprint density at radius 3 is 2.17 bits per heavy atom. The maximum Gasteiger partial charge on any atom is 0.416 e. The molecular weight excluding hydrogens is 409 g/mol. The predicted octanol–water partition coefficient (Wildman–Crippen LogP) is 4.02. The number of benzene rings is 1. The number of amides is 1. The van der Waals surface area contributed by atoms with Gasteiger partial charge in [0.05, 0.1) is 23.7 Å². The van der Waals surface area contributed by atoms with Gasteiger partial charge in [0.15, 0.2) is 5.82 Å². The second-order valence-electron chi connectivity index (χ2n) is 6.41. The van der Waals surface area contributed by atoms with Gasteiger partial charge in [0.1, 0.15) is 12.5 Å². The molecule has 0 bridgehead atoms. The topological polar surface area (TPSA) is 51.0 Å². The van der Waals surface area contributed by atoms with E-state index in [0.29, 0.717) is 12.1 Å². The molecule has 1 saturated heterocycles. The zero-order valence-corrected chi connectivity index (χ0v) is 14.7. The Morgan fingerprint density at radius 1 is 1.10 bits per heavy atom. The van der Waals surface area contributed by atoms with Crippen LogP contribution < -0.4 is 0 Å². The lowest BCUT2D eigenvalue weighted by Gasteiger charge is -2.41. The Hall–Kier alpha value is -2.92. The summed E-state index contributed by atoms with van der Waals surface area (Å²) in [5, 5.41) is 3.78. The lowest BCUT2D eigenvalue weighted by atomic mass is 10.0. The van der Waals surface area contributed by atoms with Crippen molar-refractivity contribution in [2.45, 2.75) is 31.5 Å². The van der Waals surface area contributed by atoms with E-state index >= 15 is 0 Å². The molecule has 2 atom stereocenters. The largest absolute Gasteiger partial charge is 0.416 e. The number of carbonyl (C=O) groups is 1. The number of hydrogen-bond acceptors (Lipinski definition) is 3. The van der Waals surface area contributed by atoms with E-state index in [9.17, 15) is 35.5 Å². The minimum absolute atomic E-state index is 0.00539. The Kier molecular flexibility index (Phi) is 5.13. The summed E-state index contributed by atoms with van der Waals surface area (Å²) >= 11 is 0. The van der Waals surface area contributed by atoms with Gasteiger partial charge in [-0.2, -0.15) is 26.3 Å². The molecule has 12 heteroatoms. The first-order chi connectivity index (χ1) is 13.4. The monoisotopic (exact) mass is 422 g/mol. The lowest BCUT2D eigenvalue weighted by molar-refractivity contribution is -0.143. The average molecular weight is 422 g/mol. The van der Waals surface area contributed by atoms with Crippen molar-refractivity contribution in [2.24, 2.45) is 0 Å². The Labute approximate surface area is 159 Å². The van der Waals surface area contributed by atoms with Gasteiger partial charge in [-0.05, 0) is 25.1 Å². The number of rotatable bonds is 3. The van der Waals surface area contributed by atoms with E-state index in [1.807, 2.05) is 0 Å². The van der Waals surface area contributed by atoms with E-state index < -0.39 is 47.2 Å². The smallest absolute Gasteiger partial charge is 0.330 e. The normalized spacial score (nSPS) is 20.2. The molecule has 2 unspecified atom stereocenters. The predicted molar refractivity (Wildman–Crippen MR) is 86.9 cm³/mol. The third-order valence-corrected chi connectivity index (χ3v) is 4.39. The molecule has 1 fully saturated rings. The average Bonchev–Trinajstić information content (AvgIpc) is 3.11. The molecule has 0 spiro atoms. The van der Waals surface area contributed by atoms with Crippen LogP contribution in [0.5, 0.6) is 0 Å². The Morgan fingerprint density at radius 2 is 1.69 bits per heavy atom. The van der Waals surface area contributed by atoms with Crippen molar-refractivity contribution in [3.8, 4) is 11.4 Å². The molecular formula is C17H13F7N4O. The molecule has 1 aliphatic heterocycles. The molecule has 0 N–H and O–H groups in total. The molecule has 1 amide bonds. The highest BCUT2D eigenvalue weighted by molar-refractivity contribution is 5.91. The fourth-order valence-corrected chi connectivity index (χ4v) is 2.65. The van der Waals surface area contributed by atoms with Crippen molar-refractivity contribution in [3.05, 3.63) is 41.7 Å². The number of alkyl halides is 7. The number of hydrogen-bond donors (Lipinski definition) is 0. The van der Waals surface area contributed by atoms with E-state index in [1.165, 1.54) is 11.8 Å². The van der Waals surface area contributed by atoms with E-state index in [0.717, 1.165) is 23.3 Å². The Bertz CT molecular complexity index is 916. The fourth-order valence-electron chi connectivity index (χ4n) is 2.65. The van der Waals surface area contributed by atoms with Crippen LogP contribution in [0.25, 0.3) is 17.6 Å². The van der Waals surface area contributed by atoms with Gasteiger partial charge in [-0.3, -0.25) is 4.79 Å². The summed E-state index contributed by atoms with van der Waals surface area (Å²) in [7, 11) is 0. The van der Waals surface area contributed by atoms with Gasteiger partial charge in [0.2, 0.25) is 5.91 Å². The van der Waals surface area contributed by atoms with Crippen LogP contribution in [0.4, 0.5) is 30.7 Å². The molecule has 0 aliphatic carbocycles. The first-order valence-electron chi connectivity index (χ1n) is 8.20. The number of nitrogens with zero attached hydrogens (tertiary/aromatic N) is 4. The molecule has 1 aromatic carbocycles. The van der Waals surface area contributed by atoms with Crippen LogP contribution in [0.1, 0.15) is 18.1 Å². The standard InChI is InChI=1S/C17H13F7N4O/c1-9-13(18)7-28(9)14(29)2-3-27-8-25-15(26-27)10-4-11(16(19,20)21)6-12(5-10)17(22,23)24/h2-6,8-9,13H,7H2,1H3/b3-2-. The maximum atomic E-state index is 13.1. The van der Waals surface area contributed by atoms with E-state index in [1.54, 1.807) is 0 Å². The van der Waals surface area contributed by atoms with Crippen molar-refractivity contribution in [3.63, 3.8) is 0 Å². The van der Waals surface area contributed by atoms with Gasteiger partial charge in [-0.15, -0.1) is 5.10 Å². The van der Waals surface area contributed by atoms with Crippen molar-refractivity contribution >= 4 is 12.1 Å². The van der Waals surface area contributed by atoms with Gasteiger partial charge >= 0.3 is 12.4 Å². The number of likely N-dealkylation sites (tertiary alicyclic amines) is 1. The van der Waals surface area contributed by atoms with Gasteiger partial charge in [0.25, 0.3) is 0 Å². The highest BCUT2D eigenvalue weighted by Crippen LogP contribution is 2.38. The van der Waals surface area contributed by atoms with Crippen LogP contribution in [0.2, 0.25) is 0 Å². The van der Waals surface area contributed by atoms with E-state index in [4.69, 9.17) is 0 Å². The molecule has 2 heterocycles. The van der Waals surface area contributed by atoms with Crippen molar-refractivity contribution in [2.75, 3.05) is 6.54 Å². The van der Waals surface area contributed by atoms with Crippen LogP contribution >= 0.6 is 0 Å². The molecule has 2 aromatic rings. The highest BCUT2D eigenvalue weighted by atomic mass is 19.4. The van der Waals surface area contributed by atoms with Crippen molar-refractivity contribution in [1.29, 1.82) is 0 Å². The molecule has 3 rings (SSSR count). The number of carbonyl (C=O) groups excluding carboxylic acids is 1.